The summed E-state index contributed by atoms with van der Waals surface area (Å²) < 4.78 is 0. The molecule has 1 aromatic heterocycles. The van der Waals surface area contributed by atoms with E-state index in [9.17, 15) is 4.79 Å². The minimum absolute atomic E-state index is 0.0228. The summed E-state index contributed by atoms with van der Waals surface area (Å²) in [6.45, 7) is 8.80. The molecular formula is C16H20N2OS. The van der Waals surface area contributed by atoms with Crippen molar-refractivity contribution < 1.29 is 4.79 Å². The van der Waals surface area contributed by atoms with E-state index in [-0.39, 0.29) is 5.91 Å². The number of rotatable bonds is 4. The number of carbonyl (C=O) groups is 1. The topological polar surface area (TPSA) is 42.0 Å². The van der Waals surface area contributed by atoms with Crippen molar-refractivity contribution in [3.63, 3.8) is 0 Å². The Hall–Kier alpha value is -1.68. The standard InChI is InChI=1S/C16H20N2OS/c1-10-5-11(2)15(12(3)6-10)8-17-16(19)7-14-9-20-13(4)18-14/h5-6,9H,7-8H2,1-4H3,(H,17,19). The Bertz CT molecular complexity index is 608. The number of aromatic nitrogens is 1. The van der Waals surface area contributed by atoms with Crippen LogP contribution in [0, 0.1) is 27.7 Å². The zero-order valence-corrected chi connectivity index (χ0v) is 13.2. The molecule has 0 aliphatic heterocycles. The highest BCUT2D eigenvalue weighted by Gasteiger charge is 2.08. The number of hydrogen-bond donors (Lipinski definition) is 1. The smallest absolute Gasteiger partial charge is 0.226 e. The van der Waals surface area contributed by atoms with E-state index in [4.69, 9.17) is 0 Å². The first-order valence-electron chi connectivity index (χ1n) is 6.70. The predicted octanol–water partition coefficient (Wildman–Crippen LogP) is 3.24. The van der Waals surface area contributed by atoms with Gasteiger partial charge in [-0.05, 0) is 44.4 Å². The third kappa shape index (κ3) is 3.67. The van der Waals surface area contributed by atoms with Crippen molar-refractivity contribution in [2.24, 2.45) is 0 Å². The van der Waals surface area contributed by atoms with E-state index in [1.54, 1.807) is 11.3 Å². The van der Waals surface area contributed by atoms with Crippen molar-refractivity contribution in [3.8, 4) is 0 Å². The van der Waals surface area contributed by atoms with Crippen LogP contribution in [0.1, 0.15) is 33.0 Å². The Labute approximate surface area is 124 Å². The van der Waals surface area contributed by atoms with Gasteiger partial charge in [-0.25, -0.2) is 4.98 Å². The van der Waals surface area contributed by atoms with E-state index in [0.29, 0.717) is 13.0 Å². The molecule has 0 spiro atoms. The van der Waals surface area contributed by atoms with Gasteiger partial charge in [-0.15, -0.1) is 11.3 Å². The number of amides is 1. The fourth-order valence-corrected chi connectivity index (χ4v) is 3.00. The summed E-state index contributed by atoms with van der Waals surface area (Å²) in [6, 6.07) is 4.30. The molecule has 2 rings (SSSR count). The molecule has 0 unspecified atom stereocenters. The molecule has 0 aliphatic rings. The number of nitrogens with one attached hydrogen (secondary N) is 1. The van der Waals surface area contributed by atoms with Crippen LogP contribution in [0.5, 0.6) is 0 Å². The zero-order chi connectivity index (χ0) is 14.7. The molecule has 0 saturated carbocycles. The van der Waals surface area contributed by atoms with Crippen LogP contribution in [-0.2, 0) is 17.8 Å². The Morgan fingerprint density at radius 3 is 2.40 bits per heavy atom. The molecule has 0 saturated heterocycles. The average molecular weight is 288 g/mol. The van der Waals surface area contributed by atoms with E-state index < -0.39 is 0 Å². The highest BCUT2D eigenvalue weighted by molar-refractivity contribution is 7.09. The summed E-state index contributed by atoms with van der Waals surface area (Å²) in [5.74, 6) is 0.0228. The van der Waals surface area contributed by atoms with E-state index in [1.165, 1.54) is 22.3 Å². The first-order valence-corrected chi connectivity index (χ1v) is 7.58. The van der Waals surface area contributed by atoms with Crippen LogP contribution in [0.25, 0.3) is 0 Å². The third-order valence-electron chi connectivity index (χ3n) is 3.31. The van der Waals surface area contributed by atoms with Crippen molar-refractivity contribution in [1.29, 1.82) is 0 Å². The van der Waals surface area contributed by atoms with Crippen molar-refractivity contribution >= 4 is 17.2 Å². The molecule has 0 atom stereocenters. The van der Waals surface area contributed by atoms with E-state index in [2.05, 4.69) is 43.2 Å². The second-order valence-corrected chi connectivity index (χ2v) is 6.25. The first kappa shape index (κ1) is 14.7. The monoisotopic (exact) mass is 288 g/mol. The molecule has 0 fully saturated rings. The molecule has 3 nitrogen and oxygen atoms in total. The third-order valence-corrected chi connectivity index (χ3v) is 4.13. The summed E-state index contributed by atoms with van der Waals surface area (Å²) in [5.41, 5.74) is 5.77. The fraction of sp³-hybridized carbons (Fsp3) is 0.375. The second-order valence-electron chi connectivity index (χ2n) is 5.19. The number of benzene rings is 1. The van der Waals surface area contributed by atoms with E-state index in [1.807, 2.05) is 12.3 Å². The lowest BCUT2D eigenvalue weighted by atomic mass is 10.00. The van der Waals surface area contributed by atoms with Crippen LogP contribution in [0.2, 0.25) is 0 Å². The minimum Gasteiger partial charge on any atom is -0.352 e. The number of aryl methyl sites for hydroxylation is 4. The van der Waals surface area contributed by atoms with Gasteiger partial charge in [0, 0.05) is 11.9 Å². The van der Waals surface area contributed by atoms with Gasteiger partial charge in [0.2, 0.25) is 5.91 Å². The van der Waals surface area contributed by atoms with Crippen molar-refractivity contribution in [2.75, 3.05) is 0 Å². The lowest BCUT2D eigenvalue weighted by molar-refractivity contribution is -0.120. The molecule has 1 aromatic carbocycles. The fourth-order valence-electron chi connectivity index (χ4n) is 2.39. The largest absolute Gasteiger partial charge is 0.352 e. The molecule has 20 heavy (non-hydrogen) atoms. The van der Waals surface area contributed by atoms with Crippen LogP contribution < -0.4 is 5.32 Å². The Morgan fingerprint density at radius 2 is 1.85 bits per heavy atom. The summed E-state index contributed by atoms with van der Waals surface area (Å²) in [4.78, 5) is 16.2. The summed E-state index contributed by atoms with van der Waals surface area (Å²) >= 11 is 1.58. The van der Waals surface area contributed by atoms with Gasteiger partial charge in [0.15, 0.2) is 0 Å². The molecule has 2 aromatic rings. The lowest BCUT2D eigenvalue weighted by Crippen LogP contribution is -2.25. The summed E-state index contributed by atoms with van der Waals surface area (Å²) in [5, 5.41) is 5.92. The number of nitrogens with zero attached hydrogens (tertiary/aromatic N) is 1. The summed E-state index contributed by atoms with van der Waals surface area (Å²) in [6.07, 6.45) is 0.355. The van der Waals surface area contributed by atoms with Crippen LogP contribution in [0.15, 0.2) is 17.5 Å². The Morgan fingerprint density at radius 1 is 1.20 bits per heavy atom. The average Bonchev–Trinajstić information content (AvgIpc) is 2.73. The predicted molar refractivity (Wildman–Crippen MR) is 83.1 cm³/mol. The molecular weight excluding hydrogens is 268 g/mol. The van der Waals surface area contributed by atoms with Gasteiger partial charge in [0.1, 0.15) is 0 Å². The molecule has 1 N–H and O–H groups in total. The number of hydrogen-bond acceptors (Lipinski definition) is 3. The second kappa shape index (κ2) is 6.18. The SMILES string of the molecule is Cc1cc(C)c(CNC(=O)Cc2csc(C)n2)c(C)c1. The number of thiazole rings is 1. The van der Waals surface area contributed by atoms with Gasteiger partial charge in [-0.1, -0.05) is 17.7 Å². The molecule has 0 radical (unpaired) electrons. The molecule has 106 valence electrons. The van der Waals surface area contributed by atoms with Gasteiger partial charge in [-0.2, -0.15) is 0 Å². The maximum atomic E-state index is 11.9. The van der Waals surface area contributed by atoms with Gasteiger partial charge in [-0.3, -0.25) is 4.79 Å². The van der Waals surface area contributed by atoms with Crippen molar-refractivity contribution in [1.82, 2.24) is 10.3 Å². The highest BCUT2D eigenvalue weighted by atomic mass is 32.1. The molecule has 0 aliphatic carbocycles. The Kier molecular flexibility index (Phi) is 4.55. The number of carbonyl (C=O) groups excluding carboxylic acids is 1. The molecule has 4 heteroatoms. The molecule has 1 heterocycles. The van der Waals surface area contributed by atoms with Crippen LogP contribution >= 0.6 is 11.3 Å². The van der Waals surface area contributed by atoms with Crippen molar-refractivity contribution in [3.05, 3.63) is 50.5 Å². The van der Waals surface area contributed by atoms with Crippen LogP contribution in [0.4, 0.5) is 0 Å². The quantitative estimate of drug-likeness (QED) is 0.938. The maximum absolute atomic E-state index is 11.9. The van der Waals surface area contributed by atoms with Gasteiger partial charge in [0.25, 0.3) is 0 Å². The normalized spacial score (nSPS) is 10.6. The maximum Gasteiger partial charge on any atom is 0.226 e. The lowest BCUT2D eigenvalue weighted by Gasteiger charge is -2.12. The van der Waals surface area contributed by atoms with Gasteiger partial charge >= 0.3 is 0 Å². The van der Waals surface area contributed by atoms with Crippen molar-refractivity contribution in [2.45, 2.75) is 40.7 Å². The van der Waals surface area contributed by atoms with Crippen LogP contribution in [0.3, 0.4) is 0 Å². The van der Waals surface area contributed by atoms with Crippen LogP contribution in [-0.4, -0.2) is 10.9 Å². The Balaban J connectivity index is 1.97. The molecule has 1 amide bonds. The minimum atomic E-state index is 0.0228. The zero-order valence-electron chi connectivity index (χ0n) is 12.4. The highest BCUT2D eigenvalue weighted by Crippen LogP contribution is 2.16. The van der Waals surface area contributed by atoms with E-state index >= 15 is 0 Å². The first-order chi connectivity index (χ1) is 9.45. The van der Waals surface area contributed by atoms with Gasteiger partial charge in [0.05, 0.1) is 17.1 Å². The molecule has 0 bridgehead atoms. The van der Waals surface area contributed by atoms with E-state index in [0.717, 1.165) is 10.7 Å². The van der Waals surface area contributed by atoms with Gasteiger partial charge < -0.3 is 5.32 Å². The summed E-state index contributed by atoms with van der Waals surface area (Å²) in [7, 11) is 0.